The van der Waals surface area contributed by atoms with E-state index in [9.17, 15) is 0 Å². The van der Waals surface area contributed by atoms with Crippen LogP contribution in [0.2, 0.25) is 0 Å². The molecule has 0 spiro atoms. The third-order valence-electron chi connectivity index (χ3n) is 5.04. The Morgan fingerprint density at radius 3 is 2.88 bits per heavy atom. The lowest BCUT2D eigenvalue weighted by Gasteiger charge is -2.25. The van der Waals surface area contributed by atoms with Crippen molar-refractivity contribution >= 4 is 11.0 Å². The quantitative estimate of drug-likeness (QED) is 0.532. The van der Waals surface area contributed by atoms with Crippen molar-refractivity contribution in [3.8, 4) is 16.9 Å². The second kappa shape index (κ2) is 6.00. The number of aromatic amines is 2. The smallest absolute Gasteiger partial charge is 0.124 e. The first-order valence-electron chi connectivity index (χ1n) is 8.68. The van der Waals surface area contributed by atoms with Crippen molar-refractivity contribution in [3.63, 3.8) is 0 Å². The Balaban J connectivity index is 1.47. The summed E-state index contributed by atoms with van der Waals surface area (Å²) in [6.45, 7) is 0.835. The summed E-state index contributed by atoms with van der Waals surface area (Å²) in [7, 11) is 1.71. The van der Waals surface area contributed by atoms with Gasteiger partial charge in [0.1, 0.15) is 11.6 Å². The molecule has 1 atom stereocenters. The second-order valence-corrected chi connectivity index (χ2v) is 6.61. The van der Waals surface area contributed by atoms with Gasteiger partial charge in [-0.25, -0.2) is 4.98 Å². The van der Waals surface area contributed by atoms with Crippen LogP contribution >= 0.6 is 0 Å². The summed E-state index contributed by atoms with van der Waals surface area (Å²) in [5.74, 6) is 1.87. The summed E-state index contributed by atoms with van der Waals surface area (Å²) in [5, 5.41) is 10.5. The topological polar surface area (TPSA) is 78.6 Å². The molecule has 5 rings (SSSR count). The van der Waals surface area contributed by atoms with E-state index >= 15 is 0 Å². The molecule has 0 fully saturated rings. The zero-order valence-electron chi connectivity index (χ0n) is 14.4. The van der Waals surface area contributed by atoms with Crippen molar-refractivity contribution in [2.45, 2.75) is 19.0 Å². The number of imidazole rings is 1. The monoisotopic (exact) mass is 345 g/mol. The maximum Gasteiger partial charge on any atom is 0.124 e. The molecule has 3 N–H and O–H groups in total. The van der Waals surface area contributed by atoms with E-state index in [4.69, 9.17) is 9.72 Å². The summed E-state index contributed by atoms with van der Waals surface area (Å²) >= 11 is 0. The third-order valence-corrected chi connectivity index (χ3v) is 5.04. The highest BCUT2D eigenvalue weighted by Gasteiger charge is 2.22. The third kappa shape index (κ3) is 2.55. The van der Waals surface area contributed by atoms with Gasteiger partial charge < -0.3 is 15.0 Å². The molecule has 6 nitrogen and oxygen atoms in total. The van der Waals surface area contributed by atoms with Crippen LogP contribution in [0.1, 0.15) is 23.0 Å². The van der Waals surface area contributed by atoms with E-state index in [-0.39, 0.29) is 6.04 Å². The summed E-state index contributed by atoms with van der Waals surface area (Å²) in [6.07, 6.45) is 4.61. The van der Waals surface area contributed by atoms with E-state index in [1.165, 1.54) is 11.1 Å². The van der Waals surface area contributed by atoms with Gasteiger partial charge >= 0.3 is 0 Å². The molecule has 0 aliphatic carbocycles. The molecule has 3 heterocycles. The van der Waals surface area contributed by atoms with Crippen LogP contribution in [-0.4, -0.2) is 27.3 Å². The lowest BCUT2D eigenvalue weighted by molar-refractivity contribution is 0.411. The largest absolute Gasteiger partial charge is 0.497 e. The van der Waals surface area contributed by atoms with Gasteiger partial charge in [-0.2, -0.15) is 5.10 Å². The molecule has 1 unspecified atom stereocenters. The number of benzene rings is 2. The molecular formula is C20H19N5O. The first kappa shape index (κ1) is 15.2. The Morgan fingerprint density at radius 1 is 1.08 bits per heavy atom. The number of nitrogens with one attached hydrogen (secondary N) is 3. The Morgan fingerprint density at radius 2 is 2.04 bits per heavy atom. The predicted octanol–water partition coefficient (Wildman–Crippen LogP) is 3.35. The van der Waals surface area contributed by atoms with Crippen molar-refractivity contribution < 1.29 is 4.74 Å². The van der Waals surface area contributed by atoms with Crippen LogP contribution in [0.15, 0.2) is 48.8 Å². The van der Waals surface area contributed by atoms with Crippen LogP contribution < -0.4 is 10.1 Å². The maximum absolute atomic E-state index is 5.37. The Hall–Kier alpha value is -3.12. The van der Waals surface area contributed by atoms with Crippen molar-refractivity contribution in [2.75, 3.05) is 7.11 Å². The lowest BCUT2D eigenvalue weighted by atomic mass is 9.95. The lowest BCUT2D eigenvalue weighted by Crippen LogP contribution is -2.29. The van der Waals surface area contributed by atoms with Crippen molar-refractivity contribution in [3.05, 3.63) is 65.7 Å². The van der Waals surface area contributed by atoms with Crippen molar-refractivity contribution in [1.82, 2.24) is 25.5 Å². The summed E-state index contributed by atoms with van der Waals surface area (Å²) < 4.78 is 5.37. The number of rotatable bonds is 3. The highest BCUT2D eigenvalue weighted by Crippen LogP contribution is 2.29. The fourth-order valence-corrected chi connectivity index (χ4v) is 3.59. The van der Waals surface area contributed by atoms with Gasteiger partial charge in [0.05, 0.1) is 30.4 Å². The molecule has 4 aromatic rings. The highest BCUT2D eigenvalue weighted by atomic mass is 16.5. The van der Waals surface area contributed by atoms with Crippen molar-refractivity contribution in [1.29, 1.82) is 0 Å². The molecule has 0 saturated heterocycles. The second-order valence-electron chi connectivity index (χ2n) is 6.61. The molecule has 0 amide bonds. The number of hydrogen-bond donors (Lipinski definition) is 3. The molecular weight excluding hydrogens is 326 g/mol. The number of aromatic nitrogens is 4. The van der Waals surface area contributed by atoms with Gasteiger partial charge in [-0.05, 0) is 47.4 Å². The first-order chi connectivity index (χ1) is 12.8. The summed E-state index contributed by atoms with van der Waals surface area (Å²) in [6, 6.07) is 12.7. The molecule has 2 aromatic heterocycles. The van der Waals surface area contributed by atoms with E-state index in [0.29, 0.717) is 0 Å². The van der Waals surface area contributed by atoms with Gasteiger partial charge in [0, 0.05) is 18.3 Å². The molecule has 1 aliphatic rings. The molecule has 2 aromatic carbocycles. The van der Waals surface area contributed by atoms with Gasteiger partial charge in [0.15, 0.2) is 0 Å². The van der Waals surface area contributed by atoms with Crippen LogP contribution in [-0.2, 0) is 13.0 Å². The van der Waals surface area contributed by atoms with Crippen LogP contribution in [0.4, 0.5) is 0 Å². The zero-order valence-corrected chi connectivity index (χ0v) is 14.4. The van der Waals surface area contributed by atoms with Gasteiger partial charge in [0.2, 0.25) is 0 Å². The Bertz CT molecular complexity index is 1070. The van der Waals surface area contributed by atoms with Crippen LogP contribution in [0, 0.1) is 0 Å². The van der Waals surface area contributed by atoms with E-state index in [1.807, 2.05) is 18.5 Å². The molecule has 0 saturated carbocycles. The highest BCUT2D eigenvalue weighted by molar-refractivity contribution is 5.81. The minimum Gasteiger partial charge on any atom is -0.497 e. The molecule has 130 valence electrons. The molecule has 26 heavy (non-hydrogen) atoms. The van der Waals surface area contributed by atoms with Crippen LogP contribution in [0.5, 0.6) is 5.75 Å². The number of ether oxygens (including phenoxy) is 1. The molecule has 0 radical (unpaired) electrons. The van der Waals surface area contributed by atoms with E-state index < -0.39 is 0 Å². The van der Waals surface area contributed by atoms with Crippen molar-refractivity contribution in [2.24, 2.45) is 0 Å². The molecule has 6 heteroatoms. The number of H-pyrrole nitrogens is 2. The van der Waals surface area contributed by atoms with Crippen LogP contribution in [0.25, 0.3) is 22.2 Å². The van der Waals surface area contributed by atoms with Gasteiger partial charge in [-0.1, -0.05) is 12.1 Å². The predicted molar refractivity (Wildman–Crippen MR) is 100.0 cm³/mol. The SMILES string of the molecule is COc1ccc2c(c1)CC(c1nc3ccc(-c4cn[nH]c4)cc3[nH]1)NC2. The first-order valence-corrected chi connectivity index (χ1v) is 8.68. The average Bonchev–Trinajstić information content (AvgIpc) is 3.36. The van der Waals surface area contributed by atoms with E-state index in [2.05, 4.69) is 50.8 Å². The van der Waals surface area contributed by atoms with E-state index in [0.717, 1.165) is 46.7 Å². The normalized spacial score (nSPS) is 16.6. The van der Waals surface area contributed by atoms with Crippen LogP contribution in [0.3, 0.4) is 0 Å². The molecule has 1 aliphatic heterocycles. The Labute approximate surface area is 150 Å². The van der Waals surface area contributed by atoms with Gasteiger partial charge in [-0.15, -0.1) is 0 Å². The van der Waals surface area contributed by atoms with Gasteiger partial charge in [-0.3, -0.25) is 5.10 Å². The summed E-state index contributed by atoms with van der Waals surface area (Å²) in [5.41, 5.74) is 6.84. The maximum atomic E-state index is 5.37. The fourth-order valence-electron chi connectivity index (χ4n) is 3.59. The average molecular weight is 345 g/mol. The number of methoxy groups -OCH3 is 1. The summed E-state index contributed by atoms with van der Waals surface area (Å²) in [4.78, 5) is 8.29. The van der Waals surface area contributed by atoms with Gasteiger partial charge in [0.25, 0.3) is 0 Å². The van der Waals surface area contributed by atoms with E-state index in [1.54, 1.807) is 7.11 Å². The number of hydrogen-bond acceptors (Lipinski definition) is 4. The fraction of sp³-hybridized carbons (Fsp3) is 0.200. The molecule has 0 bridgehead atoms. The minimum atomic E-state index is 0.166. The minimum absolute atomic E-state index is 0.166. The number of fused-ring (bicyclic) bond motifs is 2. The standard InChI is InChI=1S/C20H19N5O/c1-26-16-4-2-13-9-21-19(8-14(13)6-16)20-24-17-5-3-12(7-18(17)25-20)15-10-22-23-11-15/h2-7,10-11,19,21H,8-9H2,1H3,(H,22,23)(H,24,25). The number of nitrogens with zero attached hydrogens (tertiary/aromatic N) is 2. The Kier molecular flexibility index (Phi) is 3.50. The zero-order chi connectivity index (χ0) is 17.5.